The molecule has 4 heteroatoms. The predicted octanol–water partition coefficient (Wildman–Crippen LogP) is 0.565. The number of pyridine rings is 1. The van der Waals surface area contributed by atoms with Crippen molar-refractivity contribution in [2.24, 2.45) is 5.73 Å². The lowest BCUT2D eigenvalue weighted by Crippen LogP contribution is -2.37. The van der Waals surface area contributed by atoms with E-state index in [2.05, 4.69) is 4.98 Å². The Hall–Kier alpha value is -1.13. The lowest BCUT2D eigenvalue weighted by Gasteiger charge is -2.23. The van der Waals surface area contributed by atoms with Crippen molar-refractivity contribution in [2.75, 3.05) is 13.7 Å². The second-order valence-electron chi connectivity index (χ2n) is 3.59. The van der Waals surface area contributed by atoms with Crippen molar-refractivity contribution in [2.45, 2.75) is 19.4 Å². The number of nitrogens with two attached hydrogens (primary N) is 1. The minimum atomic E-state index is -0.813. The summed E-state index contributed by atoms with van der Waals surface area (Å²) in [5, 5.41) is 9.13. The molecule has 0 saturated heterocycles. The Labute approximate surface area is 83.7 Å². The number of methoxy groups -OCH3 is 1. The van der Waals surface area contributed by atoms with Crippen molar-refractivity contribution in [1.82, 2.24) is 4.98 Å². The number of aryl methyl sites for hydroxylation is 1. The van der Waals surface area contributed by atoms with Crippen molar-refractivity contribution < 1.29 is 9.84 Å². The second-order valence-corrected chi connectivity index (χ2v) is 3.59. The summed E-state index contributed by atoms with van der Waals surface area (Å²) in [5.41, 5.74) is 6.66. The first-order valence-corrected chi connectivity index (χ1v) is 4.43. The first kappa shape index (κ1) is 10.9. The van der Waals surface area contributed by atoms with Crippen LogP contribution in [0.15, 0.2) is 12.1 Å². The minimum Gasteiger partial charge on any atom is -0.481 e. The molecular formula is C10H16N2O2. The fraction of sp³-hybridized carbons (Fsp3) is 0.500. The first-order valence-electron chi connectivity index (χ1n) is 4.43. The van der Waals surface area contributed by atoms with Crippen LogP contribution in [0, 0.1) is 6.92 Å². The maximum Gasteiger partial charge on any atom is 0.218 e. The van der Waals surface area contributed by atoms with Gasteiger partial charge >= 0.3 is 0 Å². The Morgan fingerprint density at radius 1 is 1.57 bits per heavy atom. The van der Waals surface area contributed by atoms with Crippen molar-refractivity contribution in [1.29, 1.82) is 0 Å². The van der Waals surface area contributed by atoms with Crippen LogP contribution in [0.5, 0.6) is 5.88 Å². The Bertz CT molecular complexity index is 324. The van der Waals surface area contributed by atoms with Crippen molar-refractivity contribution in [3.8, 4) is 5.88 Å². The number of ether oxygens (including phenoxy) is 1. The van der Waals surface area contributed by atoms with Gasteiger partial charge in [-0.05, 0) is 26.0 Å². The predicted molar refractivity (Wildman–Crippen MR) is 54.2 cm³/mol. The summed E-state index contributed by atoms with van der Waals surface area (Å²) in [6.07, 6.45) is 0. The van der Waals surface area contributed by atoms with Gasteiger partial charge in [0.05, 0.1) is 19.3 Å². The zero-order chi connectivity index (χ0) is 10.8. The quantitative estimate of drug-likeness (QED) is 0.741. The van der Waals surface area contributed by atoms with Crippen LogP contribution in [0.1, 0.15) is 18.2 Å². The van der Waals surface area contributed by atoms with Crippen LogP contribution in [-0.2, 0) is 5.54 Å². The third-order valence-electron chi connectivity index (χ3n) is 2.14. The maximum atomic E-state index is 9.13. The van der Waals surface area contributed by atoms with Crippen molar-refractivity contribution in [3.63, 3.8) is 0 Å². The monoisotopic (exact) mass is 196 g/mol. The third kappa shape index (κ3) is 2.02. The van der Waals surface area contributed by atoms with E-state index in [0.717, 1.165) is 5.69 Å². The van der Waals surface area contributed by atoms with Gasteiger partial charge in [0.2, 0.25) is 5.88 Å². The molecule has 4 nitrogen and oxygen atoms in total. The first-order chi connectivity index (χ1) is 6.51. The van der Waals surface area contributed by atoms with Gasteiger partial charge in [0.1, 0.15) is 0 Å². The second kappa shape index (κ2) is 3.94. The van der Waals surface area contributed by atoms with E-state index in [1.807, 2.05) is 19.1 Å². The molecule has 0 aliphatic rings. The van der Waals surface area contributed by atoms with Gasteiger partial charge in [-0.1, -0.05) is 0 Å². The average molecular weight is 196 g/mol. The molecule has 0 aliphatic carbocycles. The highest BCUT2D eigenvalue weighted by atomic mass is 16.5. The Morgan fingerprint density at radius 3 is 2.71 bits per heavy atom. The molecule has 0 bridgehead atoms. The smallest absolute Gasteiger partial charge is 0.218 e. The van der Waals surface area contributed by atoms with Gasteiger partial charge in [0.25, 0.3) is 0 Å². The molecule has 1 aromatic rings. The molecule has 78 valence electrons. The van der Waals surface area contributed by atoms with E-state index in [9.17, 15) is 0 Å². The molecule has 3 N–H and O–H groups in total. The number of hydrogen-bond donors (Lipinski definition) is 2. The summed E-state index contributed by atoms with van der Waals surface area (Å²) in [5.74, 6) is 0.476. The Kier molecular flexibility index (Phi) is 3.08. The van der Waals surface area contributed by atoms with E-state index in [1.165, 1.54) is 0 Å². The van der Waals surface area contributed by atoms with Crippen molar-refractivity contribution >= 4 is 0 Å². The van der Waals surface area contributed by atoms with E-state index in [1.54, 1.807) is 14.0 Å². The molecule has 14 heavy (non-hydrogen) atoms. The molecule has 0 unspecified atom stereocenters. The summed E-state index contributed by atoms with van der Waals surface area (Å²) in [6, 6.07) is 3.68. The number of aliphatic hydroxyl groups is 1. The van der Waals surface area contributed by atoms with E-state index in [-0.39, 0.29) is 6.61 Å². The number of rotatable bonds is 3. The summed E-state index contributed by atoms with van der Waals surface area (Å²) in [6.45, 7) is 3.47. The molecule has 0 saturated carbocycles. The highest BCUT2D eigenvalue weighted by Gasteiger charge is 2.24. The van der Waals surface area contributed by atoms with Gasteiger partial charge in [-0.3, -0.25) is 0 Å². The average Bonchev–Trinajstić information content (AvgIpc) is 2.17. The highest BCUT2D eigenvalue weighted by molar-refractivity contribution is 5.34. The van der Waals surface area contributed by atoms with Crippen LogP contribution in [0.4, 0.5) is 0 Å². The molecule has 0 fully saturated rings. The van der Waals surface area contributed by atoms with E-state index < -0.39 is 5.54 Å². The number of aliphatic hydroxyl groups excluding tert-OH is 1. The number of nitrogens with zero attached hydrogens (tertiary/aromatic N) is 1. The lowest BCUT2D eigenvalue weighted by molar-refractivity contribution is 0.205. The van der Waals surface area contributed by atoms with E-state index >= 15 is 0 Å². The zero-order valence-electron chi connectivity index (χ0n) is 8.74. The summed E-state index contributed by atoms with van der Waals surface area (Å²) in [4.78, 5) is 4.19. The fourth-order valence-corrected chi connectivity index (χ4v) is 1.21. The van der Waals surface area contributed by atoms with Gasteiger partial charge in [0.15, 0.2) is 0 Å². The molecule has 1 heterocycles. The van der Waals surface area contributed by atoms with Crippen LogP contribution in [0.2, 0.25) is 0 Å². The Morgan fingerprint density at radius 2 is 2.21 bits per heavy atom. The van der Waals surface area contributed by atoms with Gasteiger partial charge in [-0.2, -0.15) is 0 Å². The molecule has 0 aliphatic heterocycles. The fourth-order valence-electron chi connectivity index (χ4n) is 1.21. The van der Waals surface area contributed by atoms with Crippen LogP contribution < -0.4 is 10.5 Å². The van der Waals surface area contributed by atoms with Gasteiger partial charge in [0, 0.05) is 11.3 Å². The standard InChI is InChI=1S/C10H16N2O2/c1-7-4-5-8(9(12-7)14-3)10(2,11)6-13/h4-5,13H,6,11H2,1-3H3/t10-/m0/s1. The molecule has 0 amide bonds. The largest absolute Gasteiger partial charge is 0.481 e. The molecule has 1 atom stereocenters. The minimum absolute atomic E-state index is 0.145. The molecule has 0 spiro atoms. The lowest BCUT2D eigenvalue weighted by atomic mass is 9.95. The van der Waals surface area contributed by atoms with Gasteiger partial charge < -0.3 is 15.6 Å². The number of hydrogen-bond acceptors (Lipinski definition) is 4. The van der Waals surface area contributed by atoms with E-state index in [4.69, 9.17) is 15.6 Å². The van der Waals surface area contributed by atoms with E-state index in [0.29, 0.717) is 11.4 Å². The Balaban J connectivity index is 3.20. The molecule has 0 radical (unpaired) electrons. The molecule has 1 rings (SSSR count). The zero-order valence-corrected chi connectivity index (χ0v) is 8.74. The maximum absolute atomic E-state index is 9.13. The summed E-state index contributed by atoms with van der Waals surface area (Å²) in [7, 11) is 1.54. The highest BCUT2D eigenvalue weighted by Crippen LogP contribution is 2.25. The van der Waals surface area contributed by atoms with Gasteiger partial charge in [-0.15, -0.1) is 0 Å². The molecule has 0 aromatic carbocycles. The number of aromatic nitrogens is 1. The van der Waals surface area contributed by atoms with Crippen LogP contribution in [0.3, 0.4) is 0 Å². The van der Waals surface area contributed by atoms with Crippen molar-refractivity contribution in [3.05, 3.63) is 23.4 Å². The van der Waals surface area contributed by atoms with Crippen LogP contribution >= 0.6 is 0 Å². The van der Waals surface area contributed by atoms with Crippen LogP contribution in [0.25, 0.3) is 0 Å². The summed E-state index contributed by atoms with van der Waals surface area (Å²) >= 11 is 0. The topological polar surface area (TPSA) is 68.4 Å². The van der Waals surface area contributed by atoms with Gasteiger partial charge in [-0.25, -0.2) is 4.98 Å². The summed E-state index contributed by atoms with van der Waals surface area (Å²) < 4.78 is 5.11. The van der Waals surface area contributed by atoms with Crippen LogP contribution in [-0.4, -0.2) is 23.8 Å². The third-order valence-corrected chi connectivity index (χ3v) is 2.14. The SMILES string of the molecule is COc1nc(C)ccc1[C@@](C)(N)CO. The molecule has 1 aromatic heterocycles. The normalized spacial score (nSPS) is 14.9. The molecular weight excluding hydrogens is 180 g/mol.